The third-order valence-electron chi connectivity index (χ3n) is 4.01. The highest BCUT2D eigenvalue weighted by Crippen LogP contribution is 2.19. The number of aromatic nitrogens is 4. The van der Waals surface area contributed by atoms with Crippen molar-refractivity contribution < 1.29 is 14.0 Å². The lowest BCUT2D eigenvalue weighted by Gasteiger charge is -2.07. The Bertz CT molecular complexity index is 1030. The van der Waals surface area contributed by atoms with Gasteiger partial charge < -0.3 is 0 Å². The van der Waals surface area contributed by atoms with Gasteiger partial charge in [0.15, 0.2) is 0 Å². The molecule has 1 aliphatic heterocycles. The third-order valence-corrected chi connectivity index (χ3v) is 4.01. The largest absolute Gasteiger partial charge is 0.291 e. The van der Waals surface area contributed by atoms with Gasteiger partial charge in [-0.05, 0) is 46.5 Å². The quantitative estimate of drug-likeness (QED) is 0.538. The summed E-state index contributed by atoms with van der Waals surface area (Å²) >= 11 is 0. The molecule has 1 aliphatic rings. The minimum atomic E-state index is -0.565. The minimum Gasteiger partial charge on any atom is -0.267 e. The predicted molar refractivity (Wildman–Crippen MR) is 93.4 cm³/mol. The summed E-state index contributed by atoms with van der Waals surface area (Å²) in [6.07, 6.45) is 2.11. The van der Waals surface area contributed by atoms with Crippen LogP contribution in [0.1, 0.15) is 16.7 Å². The number of benzene rings is 2. The van der Waals surface area contributed by atoms with E-state index in [0.29, 0.717) is 12.0 Å². The summed E-state index contributed by atoms with van der Waals surface area (Å²) in [4.78, 5) is 24.6. The highest BCUT2D eigenvalue weighted by atomic mass is 19.1. The summed E-state index contributed by atoms with van der Waals surface area (Å²) in [5.41, 5.74) is 4.99. The van der Waals surface area contributed by atoms with Crippen LogP contribution in [0.3, 0.4) is 0 Å². The second-order valence-corrected chi connectivity index (χ2v) is 5.90. The third kappa shape index (κ3) is 3.43. The summed E-state index contributed by atoms with van der Waals surface area (Å²) in [5, 5.41) is 13.9. The fraction of sp³-hybridized carbons (Fsp3) is 0.0556. The summed E-state index contributed by atoms with van der Waals surface area (Å²) in [7, 11) is 0. The number of tetrazole rings is 1. The first-order valence-corrected chi connectivity index (χ1v) is 8.04. The van der Waals surface area contributed by atoms with Crippen molar-refractivity contribution in [3.63, 3.8) is 0 Å². The number of amides is 2. The van der Waals surface area contributed by atoms with Crippen LogP contribution in [0.2, 0.25) is 0 Å². The van der Waals surface area contributed by atoms with Gasteiger partial charge in [0.2, 0.25) is 0 Å². The van der Waals surface area contributed by atoms with Gasteiger partial charge in [-0.3, -0.25) is 15.0 Å². The molecular formula is C18H13FN6O2. The Balaban J connectivity index is 1.57. The van der Waals surface area contributed by atoms with Gasteiger partial charge in [-0.2, -0.15) is 10.2 Å². The van der Waals surface area contributed by atoms with Crippen molar-refractivity contribution in [2.24, 2.45) is 0 Å². The molecule has 0 aliphatic carbocycles. The van der Waals surface area contributed by atoms with Crippen molar-refractivity contribution in [3.05, 3.63) is 76.6 Å². The minimum absolute atomic E-state index is 0.0290. The number of rotatable bonds is 4. The summed E-state index contributed by atoms with van der Waals surface area (Å²) in [5.74, 6) is -1.44. The first-order valence-electron chi connectivity index (χ1n) is 8.04. The molecule has 0 radical (unpaired) electrons. The van der Waals surface area contributed by atoms with Crippen LogP contribution in [-0.4, -0.2) is 32.4 Å². The zero-order chi connectivity index (χ0) is 18.8. The number of halogens is 1. The summed E-state index contributed by atoms with van der Waals surface area (Å²) in [6.45, 7) is 0. The van der Waals surface area contributed by atoms with Crippen LogP contribution >= 0.6 is 0 Å². The van der Waals surface area contributed by atoms with Gasteiger partial charge in [0.25, 0.3) is 17.8 Å². The van der Waals surface area contributed by atoms with Crippen molar-refractivity contribution >= 4 is 23.8 Å². The Kier molecular flexibility index (Phi) is 4.17. The van der Waals surface area contributed by atoms with E-state index in [1.165, 1.54) is 18.2 Å². The highest BCUT2D eigenvalue weighted by Gasteiger charge is 2.36. The molecule has 0 saturated carbocycles. The molecular weight excluding hydrogens is 351 g/mol. The molecule has 0 bridgehead atoms. The number of carbonyl (C=O) groups is 2. The molecule has 9 heteroatoms. The number of nitrogens with zero attached hydrogens (tertiary/aromatic N) is 4. The molecule has 2 aromatic carbocycles. The second-order valence-electron chi connectivity index (χ2n) is 5.90. The number of anilines is 1. The van der Waals surface area contributed by atoms with Gasteiger partial charge in [-0.15, -0.1) is 5.10 Å². The van der Waals surface area contributed by atoms with E-state index in [2.05, 4.69) is 26.0 Å². The molecule has 1 fully saturated rings. The second kappa shape index (κ2) is 6.79. The maximum Gasteiger partial charge on any atom is 0.291 e. The zero-order valence-corrected chi connectivity index (χ0v) is 13.9. The van der Waals surface area contributed by atoms with E-state index >= 15 is 0 Å². The smallest absolute Gasteiger partial charge is 0.267 e. The molecule has 27 heavy (non-hydrogen) atoms. The zero-order valence-electron chi connectivity index (χ0n) is 13.9. The average molecular weight is 364 g/mol. The molecule has 0 unspecified atom stereocenters. The van der Waals surface area contributed by atoms with Gasteiger partial charge in [0.1, 0.15) is 11.4 Å². The van der Waals surface area contributed by atoms with E-state index in [1.807, 2.05) is 18.2 Å². The molecule has 2 amide bonds. The number of carbonyl (C=O) groups excluding carboxylic acids is 2. The Morgan fingerprint density at radius 1 is 1.07 bits per heavy atom. The maximum atomic E-state index is 13.0. The standard InChI is InChI=1S/C18H13FN6O2/c19-14-6-4-11(5-7-14)8-12-2-1-3-13(9-12)10-15-16(26)22-25(17(15)27)18-20-23-24-21-18/h1-7,9-10H,8H2,(H,22,26)(H,20,21,23,24). The molecule has 2 heterocycles. The molecule has 1 aromatic heterocycles. The fourth-order valence-electron chi connectivity index (χ4n) is 2.75. The number of hydrogen-bond acceptors (Lipinski definition) is 5. The molecule has 8 nitrogen and oxygen atoms in total. The van der Waals surface area contributed by atoms with Crippen molar-refractivity contribution in [2.75, 3.05) is 5.01 Å². The van der Waals surface area contributed by atoms with Crippen molar-refractivity contribution in [1.29, 1.82) is 0 Å². The van der Waals surface area contributed by atoms with Gasteiger partial charge in [-0.25, -0.2) is 4.39 Å². The summed E-state index contributed by atoms with van der Waals surface area (Å²) in [6, 6.07) is 13.7. The first-order chi connectivity index (χ1) is 13.1. The van der Waals surface area contributed by atoms with Crippen LogP contribution < -0.4 is 10.4 Å². The van der Waals surface area contributed by atoms with E-state index in [0.717, 1.165) is 16.1 Å². The topological polar surface area (TPSA) is 104 Å². The number of H-pyrrole nitrogens is 1. The lowest BCUT2D eigenvalue weighted by molar-refractivity contribution is -0.117. The lowest BCUT2D eigenvalue weighted by Crippen LogP contribution is -2.36. The van der Waals surface area contributed by atoms with Crippen LogP contribution in [0.4, 0.5) is 10.3 Å². The first kappa shape index (κ1) is 16.6. The number of hydrogen-bond donors (Lipinski definition) is 2. The molecule has 0 atom stereocenters. The van der Waals surface area contributed by atoms with Crippen molar-refractivity contribution in [2.45, 2.75) is 6.42 Å². The molecule has 0 spiro atoms. The Morgan fingerprint density at radius 3 is 2.63 bits per heavy atom. The highest BCUT2D eigenvalue weighted by molar-refractivity contribution is 6.31. The molecule has 1 saturated heterocycles. The van der Waals surface area contributed by atoms with E-state index in [4.69, 9.17) is 0 Å². The van der Waals surface area contributed by atoms with E-state index in [-0.39, 0.29) is 17.3 Å². The van der Waals surface area contributed by atoms with Crippen LogP contribution in [0, 0.1) is 5.82 Å². The normalized spacial score (nSPS) is 15.4. The van der Waals surface area contributed by atoms with Gasteiger partial charge in [0, 0.05) is 0 Å². The Morgan fingerprint density at radius 2 is 1.89 bits per heavy atom. The number of hydrazine groups is 1. The van der Waals surface area contributed by atoms with E-state index in [9.17, 15) is 14.0 Å². The summed E-state index contributed by atoms with van der Waals surface area (Å²) < 4.78 is 13.0. The monoisotopic (exact) mass is 364 g/mol. The predicted octanol–water partition coefficient (Wildman–Crippen LogP) is 1.39. The number of aromatic amines is 1. The van der Waals surface area contributed by atoms with Crippen LogP contribution in [0.25, 0.3) is 6.08 Å². The van der Waals surface area contributed by atoms with Crippen LogP contribution in [-0.2, 0) is 16.0 Å². The van der Waals surface area contributed by atoms with Gasteiger partial charge in [0.05, 0.1) is 0 Å². The fourth-order valence-corrected chi connectivity index (χ4v) is 2.75. The molecule has 4 rings (SSSR count). The lowest BCUT2D eigenvalue weighted by atomic mass is 10.0. The Hall–Kier alpha value is -3.88. The van der Waals surface area contributed by atoms with E-state index in [1.54, 1.807) is 18.2 Å². The number of nitrogens with one attached hydrogen (secondary N) is 2. The van der Waals surface area contributed by atoms with Crippen molar-refractivity contribution in [1.82, 2.24) is 26.0 Å². The van der Waals surface area contributed by atoms with Gasteiger partial charge >= 0.3 is 0 Å². The SMILES string of the molecule is O=C1NN(c2nn[nH]n2)C(=O)C1=Cc1cccc(Cc2ccc(F)cc2)c1. The van der Waals surface area contributed by atoms with Crippen molar-refractivity contribution in [3.8, 4) is 0 Å². The average Bonchev–Trinajstić information content (AvgIpc) is 3.28. The molecule has 3 aromatic rings. The maximum absolute atomic E-state index is 13.0. The Labute approximate surface area is 152 Å². The molecule has 134 valence electrons. The van der Waals surface area contributed by atoms with Crippen LogP contribution in [0.15, 0.2) is 54.1 Å². The molecule has 2 N–H and O–H groups in total. The van der Waals surface area contributed by atoms with E-state index < -0.39 is 11.8 Å². The van der Waals surface area contributed by atoms with Crippen LogP contribution in [0.5, 0.6) is 0 Å². The van der Waals surface area contributed by atoms with Gasteiger partial charge in [-0.1, -0.05) is 41.5 Å².